The fourth-order valence-electron chi connectivity index (χ4n) is 0.604. The first-order chi connectivity index (χ1) is 5.41. The number of anilines is 1. The Kier molecular flexibility index (Phi) is 2.10. The minimum atomic E-state index is -4.54. The molecule has 12 heavy (non-hydrogen) atoms. The van der Waals surface area contributed by atoms with Crippen molar-refractivity contribution >= 4 is 17.4 Å². The maximum atomic E-state index is 12.0. The lowest BCUT2D eigenvalue weighted by Gasteiger charge is -2.07. The smallest absolute Gasteiger partial charge is 0.382 e. The lowest BCUT2D eigenvalue weighted by Crippen LogP contribution is -2.11. The van der Waals surface area contributed by atoms with E-state index >= 15 is 0 Å². The number of alkyl halides is 3. The number of halogens is 4. The number of nitrogens with two attached hydrogens (primary N) is 1. The zero-order valence-electron chi connectivity index (χ0n) is 5.56. The van der Waals surface area contributed by atoms with Crippen LogP contribution in [0, 0.1) is 0 Å². The Hall–Kier alpha value is -1.04. The summed E-state index contributed by atoms with van der Waals surface area (Å²) in [5.41, 5.74) is 3.86. The van der Waals surface area contributed by atoms with E-state index in [1.165, 1.54) is 0 Å². The fraction of sp³-hybridized carbons (Fsp3) is 0.200. The van der Waals surface area contributed by atoms with Gasteiger partial charge in [-0.25, -0.2) is 0 Å². The standard InChI is InChI=1S/C5H3ClF3N3/c6-3-1-2(5(7,8)9)4(10)12-11-3/h1H,(H2,10,12). The van der Waals surface area contributed by atoms with Gasteiger partial charge in [0.05, 0.1) is 0 Å². The van der Waals surface area contributed by atoms with Gasteiger partial charge in [0, 0.05) is 0 Å². The molecule has 0 atom stereocenters. The molecule has 0 spiro atoms. The molecule has 0 aliphatic carbocycles. The highest BCUT2D eigenvalue weighted by molar-refractivity contribution is 6.29. The molecule has 1 heterocycles. The van der Waals surface area contributed by atoms with Gasteiger partial charge in [-0.15, -0.1) is 10.2 Å². The second kappa shape index (κ2) is 2.78. The molecule has 0 bridgehead atoms. The van der Waals surface area contributed by atoms with Gasteiger partial charge < -0.3 is 5.73 Å². The maximum Gasteiger partial charge on any atom is 0.420 e. The molecule has 2 N–H and O–H groups in total. The highest BCUT2D eigenvalue weighted by atomic mass is 35.5. The van der Waals surface area contributed by atoms with Crippen LogP contribution in [0.1, 0.15) is 5.56 Å². The van der Waals surface area contributed by atoms with E-state index in [0.717, 1.165) is 0 Å². The summed E-state index contributed by atoms with van der Waals surface area (Å²) in [6.45, 7) is 0. The summed E-state index contributed by atoms with van der Waals surface area (Å²) in [4.78, 5) is 0. The van der Waals surface area contributed by atoms with Crippen molar-refractivity contribution in [3.8, 4) is 0 Å². The van der Waals surface area contributed by atoms with Gasteiger partial charge >= 0.3 is 6.18 Å². The topological polar surface area (TPSA) is 51.8 Å². The predicted octanol–water partition coefficient (Wildman–Crippen LogP) is 1.73. The number of rotatable bonds is 0. The van der Waals surface area contributed by atoms with Crippen molar-refractivity contribution in [2.75, 3.05) is 5.73 Å². The zero-order valence-corrected chi connectivity index (χ0v) is 6.32. The third-order valence-corrected chi connectivity index (χ3v) is 1.28. The number of nitrogen functional groups attached to an aromatic ring is 1. The van der Waals surface area contributed by atoms with E-state index in [-0.39, 0.29) is 5.15 Å². The highest BCUT2D eigenvalue weighted by Gasteiger charge is 2.34. The minimum absolute atomic E-state index is 0.337. The molecule has 0 fully saturated rings. The van der Waals surface area contributed by atoms with Crippen molar-refractivity contribution in [1.29, 1.82) is 0 Å². The quantitative estimate of drug-likeness (QED) is 0.689. The van der Waals surface area contributed by atoms with Gasteiger partial charge in [0.1, 0.15) is 5.56 Å². The van der Waals surface area contributed by atoms with Gasteiger partial charge in [0.25, 0.3) is 0 Å². The zero-order chi connectivity index (χ0) is 9.35. The number of hydrogen-bond acceptors (Lipinski definition) is 3. The molecule has 1 aromatic rings. The Labute approximate surface area is 70.3 Å². The van der Waals surface area contributed by atoms with Crippen molar-refractivity contribution in [2.24, 2.45) is 0 Å². The van der Waals surface area contributed by atoms with Crippen molar-refractivity contribution in [3.05, 3.63) is 16.8 Å². The summed E-state index contributed by atoms with van der Waals surface area (Å²) >= 11 is 5.19. The third-order valence-electron chi connectivity index (χ3n) is 1.10. The van der Waals surface area contributed by atoms with E-state index in [1.807, 2.05) is 0 Å². The summed E-state index contributed by atoms with van der Waals surface area (Å²) in [5, 5.41) is 5.83. The maximum absolute atomic E-state index is 12.0. The monoisotopic (exact) mass is 197 g/mol. The molecule has 1 rings (SSSR count). The Balaban J connectivity index is 3.23. The Morgan fingerprint density at radius 2 is 1.92 bits per heavy atom. The Morgan fingerprint density at radius 3 is 2.33 bits per heavy atom. The van der Waals surface area contributed by atoms with Crippen LogP contribution in [0.15, 0.2) is 6.07 Å². The Bertz CT molecular complexity index is 298. The molecule has 0 saturated heterocycles. The SMILES string of the molecule is Nc1nnc(Cl)cc1C(F)(F)F. The minimum Gasteiger partial charge on any atom is -0.382 e. The molecule has 0 saturated carbocycles. The summed E-state index contributed by atoms with van der Waals surface area (Å²) in [7, 11) is 0. The van der Waals surface area contributed by atoms with Crippen LogP contribution < -0.4 is 5.73 Å². The molecule has 0 aliphatic heterocycles. The van der Waals surface area contributed by atoms with Crippen LogP contribution in [0.3, 0.4) is 0 Å². The van der Waals surface area contributed by atoms with Crippen LogP contribution in [0.5, 0.6) is 0 Å². The van der Waals surface area contributed by atoms with E-state index in [9.17, 15) is 13.2 Å². The molecule has 0 unspecified atom stereocenters. The number of aromatic nitrogens is 2. The Morgan fingerprint density at radius 1 is 1.33 bits per heavy atom. The second-order valence-electron chi connectivity index (χ2n) is 1.96. The average Bonchev–Trinajstić information content (AvgIpc) is 1.92. The van der Waals surface area contributed by atoms with Gasteiger partial charge in [-0.2, -0.15) is 13.2 Å². The molecule has 3 nitrogen and oxygen atoms in total. The van der Waals surface area contributed by atoms with E-state index in [4.69, 9.17) is 17.3 Å². The van der Waals surface area contributed by atoms with Crippen molar-refractivity contribution in [2.45, 2.75) is 6.18 Å². The molecule has 66 valence electrons. The van der Waals surface area contributed by atoms with E-state index < -0.39 is 17.6 Å². The first kappa shape index (κ1) is 9.05. The molecule has 0 aromatic carbocycles. The fourth-order valence-corrected chi connectivity index (χ4v) is 0.751. The van der Waals surface area contributed by atoms with Crippen LogP contribution in [-0.4, -0.2) is 10.2 Å². The molecule has 0 radical (unpaired) electrons. The predicted molar refractivity (Wildman–Crippen MR) is 36.5 cm³/mol. The summed E-state index contributed by atoms with van der Waals surface area (Å²) in [5.74, 6) is -0.674. The molecule has 7 heteroatoms. The number of nitrogens with zero attached hydrogens (tertiary/aromatic N) is 2. The van der Waals surface area contributed by atoms with Crippen LogP contribution in [0.2, 0.25) is 5.15 Å². The van der Waals surface area contributed by atoms with Crippen molar-refractivity contribution in [3.63, 3.8) is 0 Å². The third kappa shape index (κ3) is 1.76. The first-order valence-electron chi connectivity index (χ1n) is 2.77. The van der Waals surface area contributed by atoms with Crippen LogP contribution in [-0.2, 0) is 6.18 Å². The van der Waals surface area contributed by atoms with Gasteiger partial charge in [-0.1, -0.05) is 11.6 Å². The second-order valence-corrected chi connectivity index (χ2v) is 2.35. The molecule has 0 amide bonds. The molecular formula is C5H3ClF3N3. The lowest BCUT2D eigenvalue weighted by molar-refractivity contribution is -0.137. The van der Waals surface area contributed by atoms with Crippen molar-refractivity contribution < 1.29 is 13.2 Å². The molecule has 1 aromatic heterocycles. The van der Waals surface area contributed by atoms with E-state index in [1.54, 1.807) is 0 Å². The largest absolute Gasteiger partial charge is 0.420 e. The van der Waals surface area contributed by atoms with Crippen LogP contribution in [0.4, 0.5) is 19.0 Å². The summed E-state index contributed by atoms with van der Waals surface area (Å²) in [6, 6.07) is 0.629. The summed E-state index contributed by atoms with van der Waals surface area (Å²) in [6.07, 6.45) is -4.54. The summed E-state index contributed by atoms with van der Waals surface area (Å²) < 4.78 is 36.1. The van der Waals surface area contributed by atoms with Crippen LogP contribution in [0.25, 0.3) is 0 Å². The van der Waals surface area contributed by atoms with E-state index in [0.29, 0.717) is 6.07 Å². The van der Waals surface area contributed by atoms with Crippen LogP contribution >= 0.6 is 11.6 Å². The lowest BCUT2D eigenvalue weighted by atomic mass is 10.3. The first-order valence-corrected chi connectivity index (χ1v) is 3.15. The van der Waals surface area contributed by atoms with Gasteiger partial charge in [0.2, 0.25) is 0 Å². The van der Waals surface area contributed by atoms with Gasteiger partial charge in [-0.3, -0.25) is 0 Å². The van der Waals surface area contributed by atoms with Gasteiger partial charge in [-0.05, 0) is 6.07 Å². The number of hydrogen-bond donors (Lipinski definition) is 1. The van der Waals surface area contributed by atoms with E-state index in [2.05, 4.69) is 10.2 Å². The molecular weight excluding hydrogens is 195 g/mol. The average molecular weight is 198 g/mol. The highest BCUT2D eigenvalue weighted by Crippen LogP contribution is 2.32. The van der Waals surface area contributed by atoms with Crippen molar-refractivity contribution in [1.82, 2.24) is 10.2 Å². The normalized spacial score (nSPS) is 11.7. The molecule has 0 aliphatic rings. The van der Waals surface area contributed by atoms with Gasteiger partial charge in [0.15, 0.2) is 11.0 Å².